The first kappa shape index (κ1) is 22.8. The van der Waals surface area contributed by atoms with Crippen LogP contribution in [0.2, 0.25) is 0 Å². The van der Waals surface area contributed by atoms with E-state index < -0.39 is 0 Å². The molecule has 2 fully saturated rings. The Kier molecular flexibility index (Phi) is 7.48. The quantitative estimate of drug-likeness (QED) is 0.661. The highest BCUT2D eigenvalue weighted by Gasteiger charge is 2.32. The Bertz CT molecular complexity index is 934. The minimum atomic E-state index is 0.0477. The number of carbonyl (C=O) groups is 2. The van der Waals surface area contributed by atoms with E-state index in [2.05, 4.69) is 26.1 Å². The zero-order chi connectivity index (χ0) is 22.5. The Balaban J connectivity index is 1.22. The van der Waals surface area contributed by atoms with Crippen LogP contribution >= 0.6 is 15.9 Å². The highest BCUT2D eigenvalue weighted by atomic mass is 79.9. The fraction of sp³-hybridized carbons (Fsp3) is 0.440. The van der Waals surface area contributed by atoms with Crippen molar-refractivity contribution in [1.82, 2.24) is 9.80 Å². The number of hydrogen-bond acceptors (Lipinski definition) is 4. The Morgan fingerprint density at radius 2 is 1.66 bits per heavy atom. The number of benzene rings is 2. The van der Waals surface area contributed by atoms with Crippen LogP contribution in [-0.4, -0.2) is 60.9 Å². The molecule has 0 unspecified atom stereocenters. The number of nitrogens with one attached hydrogen (secondary N) is 1. The molecule has 6 nitrogen and oxygen atoms in total. The minimum absolute atomic E-state index is 0.0477. The third-order valence-electron chi connectivity index (χ3n) is 6.60. The molecule has 0 aromatic heterocycles. The summed E-state index contributed by atoms with van der Waals surface area (Å²) in [7, 11) is 1.63. The number of amides is 2. The van der Waals surface area contributed by atoms with Crippen LogP contribution in [0.15, 0.2) is 53.0 Å². The zero-order valence-electron chi connectivity index (χ0n) is 18.4. The molecule has 2 aliphatic rings. The number of nitrogens with zero attached hydrogens (tertiary/aromatic N) is 2. The monoisotopic (exact) mass is 499 g/mol. The number of hydrogen-bond donors (Lipinski definition) is 1. The highest BCUT2D eigenvalue weighted by molar-refractivity contribution is 9.10. The van der Waals surface area contributed by atoms with Gasteiger partial charge in [0.05, 0.1) is 7.11 Å². The Morgan fingerprint density at radius 1 is 0.969 bits per heavy atom. The summed E-state index contributed by atoms with van der Waals surface area (Å²) in [6.07, 6.45) is 3.73. The van der Waals surface area contributed by atoms with Gasteiger partial charge in [0, 0.05) is 40.8 Å². The van der Waals surface area contributed by atoms with Crippen molar-refractivity contribution in [3.05, 3.63) is 58.6 Å². The van der Waals surface area contributed by atoms with Crippen molar-refractivity contribution in [1.29, 1.82) is 0 Å². The Labute approximate surface area is 198 Å². The van der Waals surface area contributed by atoms with E-state index in [1.165, 1.54) is 0 Å². The summed E-state index contributed by atoms with van der Waals surface area (Å²) in [5, 5.41) is 3.03. The number of methoxy groups -OCH3 is 1. The number of rotatable bonds is 5. The van der Waals surface area contributed by atoms with Crippen molar-refractivity contribution >= 4 is 33.4 Å². The lowest BCUT2D eigenvalue weighted by molar-refractivity contribution is -0.121. The summed E-state index contributed by atoms with van der Waals surface area (Å²) in [5.41, 5.74) is 1.54. The molecule has 0 aliphatic carbocycles. The molecule has 32 heavy (non-hydrogen) atoms. The summed E-state index contributed by atoms with van der Waals surface area (Å²) < 4.78 is 6.09. The molecule has 2 amide bonds. The Morgan fingerprint density at radius 3 is 2.28 bits per heavy atom. The molecular weight excluding hydrogens is 470 g/mol. The molecule has 0 atom stereocenters. The van der Waals surface area contributed by atoms with Crippen LogP contribution in [0.25, 0.3) is 0 Å². The smallest absolute Gasteiger partial charge is 0.253 e. The van der Waals surface area contributed by atoms with E-state index in [0.717, 1.165) is 73.3 Å². The maximum Gasteiger partial charge on any atom is 0.253 e. The van der Waals surface area contributed by atoms with Crippen LogP contribution in [0.5, 0.6) is 5.75 Å². The lowest BCUT2D eigenvalue weighted by atomic mass is 9.92. The van der Waals surface area contributed by atoms with Gasteiger partial charge in [-0.3, -0.25) is 9.59 Å². The molecule has 0 spiro atoms. The predicted molar refractivity (Wildman–Crippen MR) is 129 cm³/mol. The van der Waals surface area contributed by atoms with Crippen LogP contribution < -0.4 is 10.1 Å². The van der Waals surface area contributed by atoms with Gasteiger partial charge in [-0.2, -0.15) is 0 Å². The molecule has 2 heterocycles. The van der Waals surface area contributed by atoms with Crippen LogP contribution in [0.1, 0.15) is 36.0 Å². The maximum atomic E-state index is 12.8. The average Bonchev–Trinajstić information content (AvgIpc) is 2.84. The standard InChI is InChI=1S/C25H30BrN3O3/c1-32-23-7-5-21(6-8-23)27-24(30)18-9-13-28(14-10-18)22-11-15-29(16-12-22)25(31)19-3-2-4-20(26)17-19/h2-8,17-18,22H,9-16H2,1H3,(H,27,30). The second kappa shape index (κ2) is 10.5. The van der Waals surface area contributed by atoms with Gasteiger partial charge < -0.3 is 19.9 Å². The lowest BCUT2D eigenvalue weighted by Crippen LogP contribution is -2.49. The fourth-order valence-electron chi connectivity index (χ4n) is 4.68. The van der Waals surface area contributed by atoms with Crippen molar-refractivity contribution in [2.45, 2.75) is 31.7 Å². The largest absolute Gasteiger partial charge is 0.497 e. The first-order chi connectivity index (χ1) is 15.5. The normalized spacial score (nSPS) is 18.4. The molecule has 0 bridgehead atoms. The summed E-state index contributed by atoms with van der Waals surface area (Å²) in [5.74, 6) is 1.04. The summed E-state index contributed by atoms with van der Waals surface area (Å²) in [6, 6.07) is 15.5. The maximum absolute atomic E-state index is 12.8. The molecule has 2 aliphatic heterocycles. The zero-order valence-corrected chi connectivity index (χ0v) is 20.0. The van der Waals surface area contributed by atoms with E-state index in [-0.39, 0.29) is 17.7 Å². The number of halogens is 1. The average molecular weight is 500 g/mol. The third-order valence-corrected chi connectivity index (χ3v) is 7.09. The highest BCUT2D eigenvalue weighted by Crippen LogP contribution is 2.26. The van der Waals surface area contributed by atoms with Crippen molar-refractivity contribution in [3.63, 3.8) is 0 Å². The first-order valence-electron chi connectivity index (χ1n) is 11.3. The predicted octanol–water partition coefficient (Wildman–Crippen LogP) is 4.41. The van der Waals surface area contributed by atoms with Crippen LogP contribution in [0.4, 0.5) is 5.69 Å². The number of ether oxygens (including phenoxy) is 1. The van der Waals surface area contributed by atoms with E-state index in [1.54, 1.807) is 7.11 Å². The Hall–Kier alpha value is -2.38. The molecule has 4 rings (SSSR count). The molecule has 1 N–H and O–H groups in total. The van der Waals surface area contributed by atoms with Gasteiger partial charge in [-0.1, -0.05) is 22.0 Å². The van der Waals surface area contributed by atoms with Crippen LogP contribution in [0.3, 0.4) is 0 Å². The van der Waals surface area contributed by atoms with Gasteiger partial charge in [-0.05, 0) is 81.2 Å². The summed E-state index contributed by atoms with van der Waals surface area (Å²) in [6.45, 7) is 3.44. The molecular formula is C25H30BrN3O3. The van der Waals surface area contributed by atoms with Crippen LogP contribution in [-0.2, 0) is 4.79 Å². The van der Waals surface area contributed by atoms with Crippen molar-refractivity contribution in [2.24, 2.45) is 5.92 Å². The number of carbonyl (C=O) groups excluding carboxylic acids is 2. The SMILES string of the molecule is COc1ccc(NC(=O)C2CCN(C3CCN(C(=O)c4cccc(Br)c4)CC3)CC2)cc1. The molecule has 0 saturated carbocycles. The van der Waals surface area contributed by atoms with E-state index in [0.29, 0.717) is 6.04 Å². The van der Waals surface area contributed by atoms with E-state index in [9.17, 15) is 9.59 Å². The number of piperidine rings is 2. The minimum Gasteiger partial charge on any atom is -0.497 e. The van der Waals surface area contributed by atoms with E-state index in [1.807, 2.05) is 53.4 Å². The summed E-state index contributed by atoms with van der Waals surface area (Å²) >= 11 is 3.44. The van der Waals surface area contributed by atoms with Gasteiger partial charge in [0.15, 0.2) is 0 Å². The second-order valence-corrected chi connectivity index (χ2v) is 9.48. The van der Waals surface area contributed by atoms with Gasteiger partial charge in [0.1, 0.15) is 5.75 Å². The first-order valence-corrected chi connectivity index (χ1v) is 12.1. The molecule has 2 aromatic rings. The molecule has 2 aromatic carbocycles. The molecule has 2 saturated heterocycles. The molecule has 7 heteroatoms. The number of likely N-dealkylation sites (tertiary alicyclic amines) is 2. The van der Waals surface area contributed by atoms with Gasteiger partial charge in [0.2, 0.25) is 5.91 Å². The van der Waals surface area contributed by atoms with Crippen molar-refractivity contribution in [3.8, 4) is 5.75 Å². The van der Waals surface area contributed by atoms with Crippen molar-refractivity contribution < 1.29 is 14.3 Å². The topological polar surface area (TPSA) is 61.9 Å². The lowest BCUT2D eigenvalue weighted by Gasteiger charge is -2.41. The summed E-state index contributed by atoms with van der Waals surface area (Å²) in [4.78, 5) is 29.9. The molecule has 170 valence electrons. The third kappa shape index (κ3) is 5.51. The second-order valence-electron chi connectivity index (χ2n) is 8.56. The van der Waals surface area contributed by atoms with E-state index in [4.69, 9.17) is 4.74 Å². The van der Waals surface area contributed by atoms with Gasteiger partial charge in [-0.25, -0.2) is 0 Å². The fourth-order valence-corrected chi connectivity index (χ4v) is 5.08. The van der Waals surface area contributed by atoms with E-state index >= 15 is 0 Å². The van der Waals surface area contributed by atoms with Crippen LogP contribution in [0, 0.1) is 5.92 Å². The molecule has 0 radical (unpaired) electrons. The van der Waals surface area contributed by atoms with Crippen molar-refractivity contribution in [2.75, 3.05) is 38.6 Å². The van der Waals surface area contributed by atoms with Gasteiger partial charge in [-0.15, -0.1) is 0 Å². The van der Waals surface area contributed by atoms with Gasteiger partial charge in [0.25, 0.3) is 5.91 Å². The van der Waals surface area contributed by atoms with Gasteiger partial charge >= 0.3 is 0 Å². The number of anilines is 1.